The second-order valence-corrected chi connectivity index (χ2v) is 8.12. The highest BCUT2D eigenvalue weighted by atomic mass is 32.1. The lowest BCUT2D eigenvalue weighted by Crippen LogP contribution is -2.49. The number of aromatic nitrogens is 2. The number of urea groups is 1. The van der Waals surface area contributed by atoms with Crippen LogP contribution in [-0.4, -0.2) is 58.7 Å². The van der Waals surface area contributed by atoms with Crippen molar-refractivity contribution in [2.24, 2.45) is 0 Å². The minimum atomic E-state index is -0.740. The maximum Gasteiger partial charge on any atom is 0.328 e. The van der Waals surface area contributed by atoms with Crippen LogP contribution in [0, 0.1) is 5.82 Å². The minimum Gasteiger partial charge on any atom is -0.464 e. The highest BCUT2D eigenvalue weighted by Gasteiger charge is 2.29. The van der Waals surface area contributed by atoms with Gasteiger partial charge in [-0.15, -0.1) is 10.2 Å². The third-order valence-corrected chi connectivity index (χ3v) is 5.86. The largest absolute Gasteiger partial charge is 0.464 e. The predicted octanol–water partition coefficient (Wildman–Crippen LogP) is 2.77. The molecule has 0 bridgehead atoms. The standard InChI is InChI=1S/C20H24FN5O4S/c1-3-30-19(28)12(2)22-20(29)26-10-4-5-13(11-26)17-24-25-18(31-17)16(27)23-15-8-6-14(21)7-9-15/h6-9,12-13H,3-5,10-11H2,1-2H3,(H,22,29)(H,23,27)/t12-,13-/m1/s1. The number of rotatable bonds is 6. The van der Waals surface area contributed by atoms with E-state index in [9.17, 15) is 18.8 Å². The van der Waals surface area contributed by atoms with Gasteiger partial charge >= 0.3 is 12.0 Å². The summed E-state index contributed by atoms with van der Waals surface area (Å²) < 4.78 is 17.9. The van der Waals surface area contributed by atoms with Gasteiger partial charge in [-0.05, 0) is 51.0 Å². The molecule has 9 nitrogen and oxygen atoms in total. The molecule has 0 unspecified atom stereocenters. The summed E-state index contributed by atoms with van der Waals surface area (Å²) in [4.78, 5) is 38.3. The molecule has 31 heavy (non-hydrogen) atoms. The number of benzene rings is 1. The van der Waals surface area contributed by atoms with Gasteiger partial charge in [0.1, 0.15) is 16.9 Å². The van der Waals surface area contributed by atoms with E-state index >= 15 is 0 Å². The Hall–Kier alpha value is -3.08. The molecule has 2 aromatic rings. The van der Waals surface area contributed by atoms with Crippen molar-refractivity contribution in [3.05, 3.63) is 40.1 Å². The van der Waals surface area contributed by atoms with Crippen molar-refractivity contribution >= 4 is 34.9 Å². The van der Waals surface area contributed by atoms with Crippen molar-refractivity contribution in [2.45, 2.75) is 38.6 Å². The molecule has 1 aliphatic heterocycles. The lowest BCUT2D eigenvalue weighted by molar-refractivity contribution is -0.144. The van der Waals surface area contributed by atoms with Crippen molar-refractivity contribution in [3.8, 4) is 0 Å². The second-order valence-electron chi connectivity index (χ2n) is 7.11. The molecule has 11 heteroatoms. The van der Waals surface area contributed by atoms with Crippen LogP contribution in [0.1, 0.15) is 47.4 Å². The summed E-state index contributed by atoms with van der Waals surface area (Å²) in [5, 5.41) is 14.3. The molecule has 0 radical (unpaired) electrons. The van der Waals surface area contributed by atoms with Gasteiger partial charge in [-0.2, -0.15) is 0 Å². The number of anilines is 1. The smallest absolute Gasteiger partial charge is 0.328 e. The third kappa shape index (κ3) is 5.97. The highest BCUT2D eigenvalue weighted by molar-refractivity contribution is 7.13. The molecular formula is C20H24FN5O4S. The van der Waals surface area contributed by atoms with Crippen molar-refractivity contribution in [3.63, 3.8) is 0 Å². The van der Waals surface area contributed by atoms with Gasteiger partial charge in [0, 0.05) is 24.7 Å². The van der Waals surface area contributed by atoms with Crippen molar-refractivity contribution in [1.29, 1.82) is 0 Å². The van der Waals surface area contributed by atoms with E-state index in [0.29, 0.717) is 23.8 Å². The molecule has 2 heterocycles. The molecule has 3 amide bonds. The molecule has 0 saturated carbocycles. The molecule has 0 spiro atoms. The van der Waals surface area contributed by atoms with Crippen LogP contribution in [-0.2, 0) is 9.53 Å². The van der Waals surface area contributed by atoms with E-state index in [1.165, 1.54) is 35.6 Å². The molecule has 2 atom stereocenters. The molecule has 0 aliphatic carbocycles. The zero-order chi connectivity index (χ0) is 22.4. The molecule has 3 rings (SSSR count). The Bertz CT molecular complexity index is 936. The first-order chi connectivity index (χ1) is 14.9. The van der Waals surface area contributed by atoms with Crippen LogP contribution in [0.5, 0.6) is 0 Å². The normalized spacial score (nSPS) is 17.0. The Morgan fingerprint density at radius 1 is 1.29 bits per heavy atom. The summed E-state index contributed by atoms with van der Waals surface area (Å²) in [6.07, 6.45) is 1.58. The summed E-state index contributed by atoms with van der Waals surface area (Å²) in [7, 11) is 0. The Morgan fingerprint density at radius 3 is 2.74 bits per heavy atom. The quantitative estimate of drug-likeness (QED) is 0.656. The van der Waals surface area contributed by atoms with E-state index in [1.807, 2.05) is 0 Å². The van der Waals surface area contributed by atoms with Gasteiger partial charge in [-0.1, -0.05) is 11.3 Å². The lowest BCUT2D eigenvalue weighted by Gasteiger charge is -2.32. The van der Waals surface area contributed by atoms with Crippen LogP contribution in [0.2, 0.25) is 0 Å². The fourth-order valence-corrected chi connectivity index (χ4v) is 4.04. The molecule has 1 fully saturated rings. The molecule has 1 aromatic carbocycles. The number of hydrogen-bond donors (Lipinski definition) is 2. The summed E-state index contributed by atoms with van der Waals surface area (Å²) in [5.41, 5.74) is 0.458. The van der Waals surface area contributed by atoms with Gasteiger partial charge in [0.25, 0.3) is 5.91 Å². The van der Waals surface area contributed by atoms with E-state index in [-0.39, 0.29) is 23.6 Å². The van der Waals surface area contributed by atoms with Gasteiger partial charge in [0.05, 0.1) is 6.61 Å². The van der Waals surface area contributed by atoms with Gasteiger partial charge in [-0.25, -0.2) is 14.0 Å². The van der Waals surface area contributed by atoms with Crippen LogP contribution in [0.15, 0.2) is 24.3 Å². The van der Waals surface area contributed by atoms with Gasteiger partial charge in [0.15, 0.2) is 0 Å². The summed E-state index contributed by atoms with van der Waals surface area (Å²) in [6, 6.07) is 4.35. The number of halogens is 1. The maximum atomic E-state index is 13.0. The molecule has 1 saturated heterocycles. The Morgan fingerprint density at radius 2 is 2.03 bits per heavy atom. The van der Waals surface area contributed by atoms with Crippen LogP contribution >= 0.6 is 11.3 Å². The average molecular weight is 450 g/mol. The molecule has 2 N–H and O–H groups in total. The zero-order valence-corrected chi connectivity index (χ0v) is 18.1. The molecule has 166 valence electrons. The Labute approximate surface area is 183 Å². The Balaban J connectivity index is 1.58. The Kier molecular flexibility index (Phi) is 7.50. The number of carbonyl (C=O) groups excluding carboxylic acids is 3. The number of ether oxygens (including phenoxy) is 1. The van der Waals surface area contributed by atoms with E-state index < -0.39 is 23.7 Å². The van der Waals surface area contributed by atoms with Crippen LogP contribution in [0.25, 0.3) is 0 Å². The van der Waals surface area contributed by atoms with Crippen molar-refractivity contribution < 1.29 is 23.5 Å². The number of nitrogens with zero attached hydrogens (tertiary/aromatic N) is 3. The fourth-order valence-electron chi connectivity index (χ4n) is 3.17. The van der Waals surface area contributed by atoms with Crippen LogP contribution in [0.3, 0.4) is 0 Å². The number of piperidine rings is 1. The van der Waals surface area contributed by atoms with Crippen LogP contribution < -0.4 is 10.6 Å². The van der Waals surface area contributed by atoms with Crippen molar-refractivity contribution in [2.75, 3.05) is 25.0 Å². The fraction of sp³-hybridized carbons (Fsp3) is 0.450. The summed E-state index contributed by atoms with van der Waals surface area (Å²) in [5.74, 6) is -1.35. The number of hydrogen-bond acceptors (Lipinski definition) is 7. The number of nitrogens with one attached hydrogen (secondary N) is 2. The van der Waals surface area contributed by atoms with E-state index in [2.05, 4.69) is 20.8 Å². The summed E-state index contributed by atoms with van der Waals surface area (Å²) in [6.45, 7) is 4.51. The number of amides is 3. The van der Waals surface area contributed by atoms with E-state index in [1.54, 1.807) is 18.7 Å². The zero-order valence-electron chi connectivity index (χ0n) is 17.3. The topological polar surface area (TPSA) is 114 Å². The van der Waals surface area contributed by atoms with E-state index in [4.69, 9.17) is 4.74 Å². The average Bonchev–Trinajstić information content (AvgIpc) is 3.26. The molecule has 1 aromatic heterocycles. The summed E-state index contributed by atoms with van der Waals surface area (Å²) >= 11 is 1.17. The SMILES string of the molecule is CCOC(=O)[C@@H](C)NC(=O)N1CCC[C@@H](c2nnc(C(=O)Nc3ccc(F)cc3)s2)C1. The first-order valence-electron chi connectivity index (χ1n) is 9.99. The minimum absolute atomic E-state index is 0.0535. The van der Waals surface area contributed by atoms with Crippen LogP contribution in [0.4, 0.5) is 14.9 Å². The van der Waals surface area contributed by atoms with Gasteiger partial charge < -0.3 is 20.3 Å². The van der Waals surface area contributed by atoms with Gasteiger partial charge in [-0.3, -0.25) is 4.79 Å². The first kappa shape index (κ1) is 22.6. The number of esters is 1. The third-order valence-electron chi connectivity index (χ3n) is 4.77. The number of likely N-dealkylation sites (tertiary alicyclic amines) is 1. The second kappa shape index (κ2) is 10.3. The maximum absolute atomic E-state index is 13.0. The van der Waals surface area contributed by atoms with Crippen molar-refractivity contribution in [1.82, 2.24) is 20.4 Å². The lowest BCUT2D eigenvalue weighted by atomic mass is 9.99. The predicted molar refractivity (Wildman–Crippen MR) is 112 cm³/mol. The number of carbonyl (C=O) groups is 3. The molecular weight excluding hydrogens is 425 g/mol. The highest BCUT2D eigenvalue weighted by Crippen LogP contribution is 2.29. The van der Waals surface area contributed by atoms with Gasteiger partial charge in [0.2, 0.25) is 5.01 Å². The monoisotopic (exact) mass is 449 g/mol. The first-order valence-corrected chi connectivity index (χ1v) is 10.8. The van der Waals surface area contributed by atoms with E-state index in [0.717, 1.165) is 12.8 Å². The molecule has 1 aliphatic rings.